The number of rotatable bonds is 5. The molecule has 0 saturated heterocycles. The molecule has 0 aliphatic carbocycles. The second kappa shape index (κ2) is 5.24. The molecular weight excluding hydrogens is 158 g/mol. The van der Waals surface area contributed by atoms with Crippen LogP contribution in [0.4, 0.5) is 0 Å². The van der Waals surface area contributed by atoms with Crippen molar-refractivity contribution < 1.29 is 15.0 Å². The molecule has 0 aromatic carbocycles. The minimum atomic E-state index is -1.27. The molecule has 3 N–H and O–H groups in total. The fourth-order valence-corrected chi connectivity index (χ4v) is 0.852. The molecule has 0 aromatic rings. The van der Waals surface area contributed by atoms with Crippen LogP contribution in [0.1, 0.15) is 13.8 Å². The minimum Gasteiger partial charge on any atom is -0.389 e. The summed E-state index contributed by atoms with van der Waals surface area (Å²) in [7, 11) is 1.65. The monoisotopic (exact) mass is 175 g/mol. The zero-order chi connectivity index (χ0) is 9.72. The number of hydrogen-bond donors (Lipinski definition) is 3. The lowest BCUT2D eigenvalue weighted by molar-refractivity contribution is -0.135. The summed E-state index contributed by atoms with van der Waals surface area (Å²) in [6.45, 7) is 3.61. The largest absolute Gasteiger partial charge is 0.389 e. The van der Waals surface area contributed by atoms with Gasteiger partial charge in [-0.1, -0.05) is 13.8 Å². The molecule has 1 unspecified atom stereocenters. The maximum absolute atomic E-state index is 11.1. The summed E-state index contributed by atoms with van der Waals surface area (Å²) in [4.78, 5) is 11.1. The highest BCUT2D eigenvalue weighted by Crippen LogP contribution is 2.03. The van der Waals surface area contributed by atoms with Crippen molar-refractivity contribution in [3.63, 3.8) is 0 Å². The molecule has 0 amide bonds. The highest BCUT2D eigenvalue weighted by molar-refractivity contribution is 5.85. The molecular formula is C8H17NO3. The van der Waals surface area contributed by atoms with Gasteiger partial charge in [0.15, 0.2) is 5.78 Å². The van der Waals surface area contributed by atoms with Gasteiger partial charge in [-0.2, -0.15) is 0 Å². The van der Waals surface area contributed by atoms with Crippen LogP contribution in [0, 0.1) is 5.92 Å². The quantitative estimate of drug-likeness (QED) is 0.509. The lowest BCUT2D eigenvalue weighted by Crippen LogP contribution is -2.41. The predicted molar refractivity (Wildman–Crippen MR) is 45.8 cm³/mol. The van der Waals surface area contributed by atoms with E-state index in [1.807, 2.05) is 0 Å². The maximum Gasteiger partial charge on any atom is 0.166 e. The standard InChI is InChI=1S/C8H17NO3/c1-5(2)7(11)8(12)6(10)4-9-3/h5-6,8-10,12H,4H2,1-3H3/t6?,8-/m0/s1. The Hall–Kier alpha value is -0.450. The zero-order valence-corrected chi connectivity index (χ0v) is 7.74. The number of aliphatic hydroxyl groups is 2. The molecule has 4 nitrogen and oxygen atoms in total. The number of likely N-dealkylation sites (N-methyl/N-ethyl adjacent to an activating group) is 1. The minimum absolute atomic E-state index is 0.222. The second-order valence-corrected chi connectivity index (χ2v) is 3.13. The summed E-state index contributed by atoms with van der Waals surface area (Å²) in [6, 6.07) is 0. The van der Waals surface area contributed by atoms with E-state index in [2.05, 4.69) is 5.32 Å². The van der Waals surface area contributed by atoms with Crippen LogP contribution in [0.5, 0.6) is 0 Å². The number of carbonyl (C=O) groups is 1. The Bertz CT molecular complexity index is 147. The normalized spacial score (nSPS) is 16.2. The van der Waals surface area contributed by atoms with E-state index in [0.717, 1.165) is 0 Å². The number of ketones is 1. The van der Waals surface area contributed by atoms with Crippen LogP contribution in [0.3, 0.4) is 0 Å². The number of carbonyl (C=O) groups excluding carboxylic acids is 1. The molecule has 0 fully saturated rings. The Balaban J connectivity index is 4.00. The van der Waals surface area contributed by atoms with E-state index in [0.29, 0.717) is 0 Å². The van der Waals surface area contributed by atoms with E-state index in [-0.39, 0.29) is 18.2 Å². The van der Waals surface area contributed by atoms with E-state index in [4.69, 9.17) is 0 Å². The van der Waals surface area contributed by atoms with Crippen molar-refractivity contribution >= 4 is 5.78 Å². The number of Topliss-reactive ketones (excluding diaryl/α,β-unsaturated/α-hetero) is 1. The van der Waals surface area contributed by atoms with Gasteiger partial charge in [0, 0.05) is 12.5 Å². The zero-order valence-electron chi connectivity index (χ0n) is 7.74. The first-order chi connectivity index (χ1) is 5.50. The molecule has 0 radical (unpaired) electrons. The molecule has 12 heavy (non-hydrogen) atoms. The van der Waals surface area contributed by atoms with Crippen LogP contribution >= 0.6 is 0 Å². The smallest absolute Gasteiger partial charge is 0.166 e. The van der Waals surface area contributed by atoms with Crippen molar-refractivity contribution in [3.05, 3.63) is 0 Å². The van der Waals surface area contributed by atoms with Gasteiger partial charge in [-0.3, -0.25) is 4.79 Å². The van der Waals surface area contributed by atoms with Gasteiger partial charge in [0.1, 0.15) is 6.10 Å². The number of hydrogen-bond acceptors (Lipinski definition) is 4. The van der Waals surface area contributed by atoms with Crippen LogP contribution < -0.4 is 5.32 Å². The maximum atomic E-state index is 11.1. The van der Waals surface area contributed by atoms with E-state index in [1.54, 1.807) is 20.9 Å². The van der Waals surface area contributed by atoms with Crippen LogP contribution in [0.2, 0.25) is 0 Å². The summed E-state index contributed by atoms with van der Waals surface area (Å²) in [5, 5.41) is 21.1. The highest BCUT2D eigenvalue weighted by atomic mass is 16.3. The summed E-state index contributed by atoms with van der Waals surface area (Å²) in [5.41, 5.74) is 0. The first kappa shape index (κ1) is 11.6. The molecule has 0 heterocycles. The summed E-state index contributed by atoms with van der Waals surface area (Å²) in [6.07, 6.45) is -2.28. The molecule has 0 spiro atoms. The second-order valence-electron chi connectivity index (χ2n) is 3.13. The summed E-state index contributed by atoms with van der Waals surface area (Å²) in [5.74, 6) is -0.566. The van der Waals surface area contributed by atoms with Crippen molar-refractivity contribution in [2.75, 3.05) is 13.6 Å². The molecule has 2 atom stereocenters. The Morgan fingerprint density at radius 2 is 1.92 bits per heavy atom. The van der Waals surface area contributed by atoms with Crippen LogP contribution in [0.25, 0.3) is 0 Å². The van der Waals surface area contributed by atoms with Gasteiger partial charge in [-0.15, -0.1) is 0 Å². The molecule has 0 aliphatic rings. The van der Waals surface area contributed by atoms with E-state index >= 15 is 0 Å². The van der Waals surface area contributed by atoms with Gasteiger partial charge in [0.2, 0.25) is 0 Å². The Morgan fingerprint density at radius 1 is 1.42 bits per heavy atom. The van der Waals surface area contributed by atoms with Gasteiger partial charge < -0.3 is 15.5 Å². The molecule has 0 aromatic heterocycles. The van der Waals surface area contributed by atoms with Gasteiger partial charge >= 0.3 is 0 Å². The lowest BCUT2D eigenvalue weighted by Gasteiger charge is -2.17. The fraction of sp³-hybridized carbons (Fsp3) is 0.875. The third kappa shape index (κ3) is 3.30. The van der Waals surface area contributed by atoms with Crippen molar-refractivity contribution in [2.45, 2.75) is 26.1 Å². The van der Waals surface area contributed by atoms with Gasteiger partial charge in [0.25, 0.3) is 0 Å². The van der Waals surface area contributed by atoms with Gasteiger partial charge in [0.05, 0.1) is 6.10 Å². The van der Waals surface area contributed by atoms with E-state index in [9.17, 15) is 15.0 Å². The van der Waals surface area contributed by atoms with Crippen LogP contribution in [-0.4, -0.2) is 41.8 Å². The SMILES string of the molecule is CNCC(O)[C@H](O)C(=O)C(C)C. The highest BCUT2D eigenvalue weighted by Gasteiger charge is 2.25. The average molecular weight is 175 g/mol. The molecule has 0 bridgehead atoms. The van der Waals surface area contributed by atoms with Crippen molar-refractivity contribution in [3.8, 4) is 0 Å². The number of aliphatic hydroxyl groups excluding tert-OH is 2. The summed E-state index contributed by atoms with van der Waals surface area (Å²) < 4.78 is 0. The van der Waals surface area contributed by atoms with E-state index < -0.39 is 12.2 Å². The molecule has 4 heteroatoms. The Kier molecular flexibility index (Phi) is 5.04. The predicted octanol–water partition coefficient (Wildman–Crippen LogP) is -0.847. The lowest BCUT2D eigenvalue weighted by atomic mass is 10.00. The molecule has 0 aliphatic heterocycles. The molecule has 0 rings (SSSR count). The Morgan fingerprint density at radius 3 is 2.25 bits per heavy atom. The molecule has 0 saturated carbocycles. The molecule has 72 valence electrons. The van der Waals surface area contributed by atoms with Gasteiger partial charge in [-0.25, -0.2) is 0 Å². The summed E-state index contributed by atoms with van der Waals surface area (Å²) >= 11 is 0. The van der Waals surface area contributed by atoms with Crippen LogP contribution in [0.15, 0.2) is 0 Å². The van der Waals surface area contributed by atoms with Crippen molar-refractivity contribution in [2.24, 2.45) is 5.92 Å². The van der Waals surface area contributed by atoms with E-state index in [1.165, 1.54) is 0 Å². The first-order valence-corrected chi connectivity index (χ1v) is 4.05. The van der Waals surface area contributed by atoms with Crippen LogP contribution in [-0.2, 0) is 4.79 Å². The average Bonchev–Trinajstić information content (AvgIpc) is 2.02. The Labute approximate surface area is 72.6 Å². The fourth-order valence-electron chi connectivity index (χ4n) is 0.852. The third-order valence-electron chi connectivity index (χ3n) is 1.64. The number of nitrogens with one attached hydrogen (secondary N) is 1. The van der Waals surface area contributed by atoms with Gasteiger partial charge in [-0.05, 0) is 7.05 Å². The topological polar surface area (TPSA) is 69.6 Å². The van der Waals surface area contributed by atoms with Crippen molar-refractivity contribution in [1.82, 2.24) is 5.32 Å². The third-order valence-corrected chi connectivity index (χ3v) is 1.64. The van der Waals surface area contributed by atoms with Crippen molar-refractivity contribution in [1.29, 1.82) is 0 Å². The first-order valence-electron chi connectivity index (χ1n) is 4.05.